The van der Waals surface area contributed by atoms with Crippen LogP contribution in [0, 0.1) is 11.7 Å². The summed E-state index contributed by atoms with van der Waals surface area (Å²) in [5.41, 5.74) is 1.54. The monoisotopic (exact) mass is 333 g/mol. The van der Waals surface area contributed by atoms with E-state index in [1.165, 1.54) is 12.1 Å². The highest BCUT2D eigenvalue weighted by atomic mass is 19.1. The number of aromatic nitrogens is 2. The standard InChI is InChI=1S/C18H24FN3O2/c1-3-16-13(5-4-10-24-16)18(23)20-9-8-17-21-14-11-12(19)6-7-15(14)22(17)2/h6-7,11,13,16H,3-5,8-10H2,1-2H3,(H,20,23)/t13-,16+/m0/s1. The molecule has 2 atom stereocenters. The summed E-state index contributed by atoms with van der Waals surface area (Å²) in [5, 5.41) is 3.00. The van der Waals surface area contributed by atoms with Gasteiger partial charge in [0.2, 0.25) is 5.91 Å². The number of hydrogen-bond acceptors (Lipinski definition) is 3. The number of amides is 1. The summed E-state index contributed by atoms with van der Waals surface area (Å²) in [5.74, 6) is 0.552. The van der Waals surface area contributed by atoms with E-state index in [4.69, 9.17) is 4.74 Å². The van der Waals surface area contributed by atoms with Crippen LogP contribution in [-0.4, -0.2) is 34.7 Å². The fourth-order valence-electron chi connectivity index (χ4n) is 3.42. The van der Waals surface area contributed by atoms with Gasteiger partial charge >= 0.3 is 0 Å². The normalized spacial score (nSPS) is 21.1. The molecule has 0 unspecified atom stereocenters. The molecule has 0 spiro atoms. The van der Waals surface area contributed by atoms with Gasteiger partial charge in [-0.1, -0.05) is 6.92 Å². The molecule has 24 heavy (non-hydrogen) atoms. The fourth-order valence-corrected chi connectivity index (χ4v) is 3.42. The van der Waals surface area contributed by atoms with Crippen LogP contribution in [0.3, 0.4) is 0 Å². The molecule has 130 valence electrons. The number of nitrogens with one attached hydrogen (secondary N) is 1. The predicted molar refractivity (Wildman–Crippen MR) is 90.1 cm³/mol. The number of benzene rings is 1. The Bertz CT molecular complexity index is 728. The molecule has 1 amide bonds. The van der Waals surface area contributed by atoms with Crippen molar-refractivity contribution in [2.45, 2.75) is 38.7 Å². The zero-order valence-electron chi connectivity index (χ0n) is 14.2. The largest absolute Gasteiger partial charge is 0.377 e. The Labute approximate surface area is 141 Å². The van der Waals surface area contributed by atoms with Crippen LogP contribution in [0.25, 0.3) is 11.0 Å². The second kappa shape index (κ2) is 7.30. The van der Waals surface area contributed by atoms with E-state index in [9.17, 15) is 9.18 Å². The van der Waals surface area contributed by atoms with Crippen LogP contribution in [0.5, 0.6) is 0 Å². The molecular weight excluding hydrogens is 309 g/mol. The molecule has 1 aliphatic heterocycles. The molecule has 1 aliphatic rings. The van der Waals surface area contributed by atoms with Gasteiger partial charge in [0.05, 0.1) is 23.1 Å². The van der Waals surface area contributed by atoms with Crippen molar-refractivity contribution in [3.63, 3.8) is 0 Å². The van der Waals surface area contributed by atoms with E-state index >= 15 is 0 Å². The summed E-state index contributed by atoms with van der Waals surface area (Å²) in [7, 11) is 1.91. The maximum absolute atomic E-state index is 13.3. The first kappa shape index (κ1) is 16.9. The molecule has 1 aromatic carbocycles. The molecule has 1 fully saturated rings. The first-order chi connectivity index (χ1) is 11.6. The molecule has 2 aromatic rings. The van der Waals surface area contributed by atoms with E-state index in [0.29, 0.717) is 18.5 Å². The Morgan fingerprint density at radius 1 is 1.50 bits per heavy atom. The molecule has 1 aromatic heterocycles. The Balaban J connectivity index is 1.60. The topological polar surface area (TPSA) is 56.1 Å². The van der Waals surface area contributed by atoms with Crippen molar-refractivity contribution in [2.75, 3.05) is 13.2 Å². The number of rotatable bonds is 5. The lowest BCUT2D eigenvalue weighted by Gasteiger charge is -2.30. The lowest BCUT2D eigenvalue weighted by Crippen LogP contribution is -2.42. The van der Waals surface area contributed by atoms with Gasteiger partial charge in [-0.25, -0.2) is 9.37 Å². The maximum Gasteiger partial charge on any atom is 0.225 e. The molecule has 3 rings (SSSR count). The molecule has 1 N–H and O–H groups in total. The Kier molecular flexibility index (Phi) is 5.14. The third-order valence-corrected chi connectivity index (χ3v) is 4.76. The highest BCUT2D eigenvalue weighted by molar-refractivity contribution is 5.79. The van der Waals surface area contributed by atoms with Crippen molar-refractivity contribution in [1.82, 2.24) is 14.9 Å². The zero-order chi connectivity index (χ0) is 17.1. The van der Waals surface area contributed by atoms with Crippen molar-refractivity contribution < 1.29 is 13.9 Å². The molecule has 0 aliphatic carbocycles. The van der Waals surface area contributed by atoms with E-state index in [0.717, 1.165) is 37.2 Å². The van der Waals surface area contributed by atoms with Gasteiger partial charge in [-0.2, -0.15) is 0 Å². The number of nitrogens with zero attached hydrogens (tertiary/aromatic N) is 2. The predicted octanol–water partition coefficient (Wildman–Crippen LogP) is 2.58. The molecule has 1 saturated heterocycles. The highest BCUT2D eigenvalue weighted by Crippen LogP contribution is 2.23. The van der Waals surface area contributed by atoms with E-state index < -0.39 is 0 Å². The third-order valence-electron chi connectivity index (χ3n) is 4.76. The van der Waals surface area contributed by atoms with E-state index in [2.05, 4.69) is 17.2 Å². The van der Waals surface area contributed by atoms with Gasteiger partial charge < -0.3 is 14.6 Å². The second-order valence-electron chi connectivity index (χ2n) is 6.33. The summed E-state index contributed by atoms with van der Waals surface area (Å²) in [6.45, 7) is 3.32. The quantitative estimate of drug-likeness (QED) is 0.915. The lowest BCUT2D eigenvalue weighted by atomic mass is 9.92. The molecular formula is C18H24FN3O2. The van der Waals surface area contributed by atoms with E-state index in [-0.39, 0.29) is 23.7 Å². The van der Waals surface area contributed by atoms with Crippen LogP contribution < -0.4 is 5.32 Å². The van der Waals surface area contributed by atoms with Crippen LogP contribution >= 0.6 is 0 Å². The summed E-state index contributed by atoms with van der Waals surface area (Å²) >= 11 is 0. The molecule has 2 heterocycles. The number of hydrogen-bond donors (Lipinski definition) is 1. The van der Waals surface area contributed by atoms with Crippen LogP contribution in [0.15, 0.2) is 18.2 Å². The highest BCUT2D eigenvalue weighted by Gasteiger charge is 2.30. The molecule has 5 nitrogen and oxygen atoms in total. The minimum absolute atomic E-state index is 0.0254. The van der Waals surface area contributed by atoms with Gasteiger partial charge in [0.1, 0.15) is 11.6 Å². The number of aryl methyl sites for hydroxylation is 1. The van der Waals surface area contributed by atoms with Crippen molar-refractivity contribution in [1.29, 1.82) is 0 Å². The molecule has 0 saturated carbocycles. The first-order valence-electron chi connectivity index (χ1n) is 8.60. The molecule has 0 radical (unpaired) electrons. The third kappa shape index (κ3) is 3.43. The van der Waals surface area contributed by atoms with Crippen molar-refractivity contribution >= 4 is 16.9 Å². The van der Waals surface area contributed by atoms with Crippen molar-refractivity contribution in [3.8, 4) is 0 Å². The van der Waals surface area contributed by atoms with Crippen LogP contribution in [-0.2, 0) is 23.0 Å². The molecule has 0 bridgehead atoms. The summed E-state index contributed by atoms with van der Waals surface area (Å²) in [4.78, 5) is 16.9. The number of ether oxygens (including phenoxy) is 1. The number of carbonyl (C=O) groups is 1. The van der Waals surface area contributed by atoms with Crippen molar-refractivity contribution in [3.05, 3.63) is 29.8 Å². The van der Waals surface area contributed by atoms with Crippen LogP contribution in [0.4, 0.5) is 4.39 Å². The maximum atomic E-state index is 13.3. The lowest BCUT2D eigenvalue weighted by molar-refractivity contribution is -0.134. The van der Waals surface area contributed by atoms with Gasteiger partial charge in [-0.15, -0.1) is 0 Å². The molecule has 6 heteroatoms. The average Bonchev–Trinajstić information content (AvgIpc) is 2.90. The fraction of sp³-hybridized carbons (Fsp3) is 0.556. The average molecular weight is 333 g/mol. The number of carbonyl (C=O) groups excluding carboxylic acids is 1. The minimum Gasteiger partial charge on any atom is -0.377 e. The van der Waals surface area contributed by atoms with Crippen LogP contribution in [0.1, 0.15) is 32.0 Å². The second-order valence-corrected chi connectivity index (χ2v) is 6.33. The van der Waals surface area contributed by atoms with Crippen LogP contribution in [0.2, 0.25) is 0 Å². The number of fused-ring (bicyclic) bond motifs is 1. The summed E-state index contributed by atoms with van der Waals surface area (Å²) < 4.78 is 20.9. The Hall–Kier alpha value is -1.95. The van der Waals surface area contributed by atoms with Gasteiger partial charge in [0.25, 0.3) is 0 Å². The van der Waals surface area contributed by atoms with Gasteiger partial charge in [0.15, 0.2) is 0 Å². The Morgan fingerprint density at radius 3 is 3.12 bits per heavy atom. The van der Waals surface area contributed by atoms with Gasteiger partial charge in [-0.3, -0.25) is 4.79 Å². The number of imidazole rings is 1. The van der Waals surface area contributed by atoms with Gasteiger partial charge in [-0.05, 0) is 31.4 Å². The summed E-state index contributed by atoms with van der Waals surface area (Å²) in [6.07, 6.45) is 3.32. The minimum atomic E-state index is -0.289. The van der Waals surface area contributed by atoms with E-state index in [1.807, 2.05) is 11.6 Å². The van der Waals surface area contributed by atoms with Gasteiger partial charge in [0, 0.05) is 32.7 Å². The van der Waals surface area contributed by atoms with Crippen molar-refractivity contribution in [2.24, 2.45) is 13.0 Å². The zero-order valence-corrected chi connectivity index (χ0v) is 14.2. The first-order valence-corrected chi connectivity index (χ1v) is 8.60. The Morgan fingerprint density at radius 2 is 2.33 bits per heavy atom. The SMILES string of the molecule is CC[C@H]1OCCC[C@@H]1C(=O)NCCc1nc2cc(F)ccc2n1C. The smallest absolute Gasteiger partial charge is 0.225 e. The number of halogens is 1. The van der Waals surface area contributed by atoms with E-state index in [1.54, 1.807) is 6.07 Å². The summed E-state index contributed by atoms with van der Waals surface area (Å²) in [6, 6.07) is 4.59.